The van der Waals surface area contributed by atoms with E-state index in [0.29, 0.717) is 17.8 Å². The van der Waals surface area contributed by atoms with Gasteiger partial charge in [-0.1, -0.05) is 0 Å². The molecule has 0 aliphatic carbocycles. The highest BCUT2D eigenvalue weighted by atomic mass is 19.1. The molecule has 114 valence electrons. The van der Waals surface area contributed by atoms with E-state index < -0.39 is 11.6 Å². The van der Waals surface area contributed by atoms with Crippen LogP contribution in [0.3, 0.4) is 0 Å². The van der Waals surface area contributed by atoms with Crippen LogP contribution in [0.4, 0.5) is 8.78 Å². The minimum absolute atomic E-state index is 0.110. The minimum Gasteiger partial charge on any atom is -0.308 e. The van der Waals surface area contributed by atoms with Crippen molar-refractivity contribution in [3.63, 3.8) is 0 Å². The van der Waals surface area contributed by atoms with Crippen molar-refractivity contribution >= 4 is 0 Å². The van der Waals surface area contributed by atoms with Gasteiger partial charge in [-0.2, -0.15) is 5.10 Å². The van der Waals surface area contributed by atoms with E-state index in [4.69, 9.17) is 0 Å². The largest absolute Gasteiger partial charge is 0.308 e. The van der Waals surface area contributed by atoms with Gasteiger partial charge in [0.1, 0.15) is 5.69 Å². The molecule has 0 saturated heterocycles. The van der Waals surface area contributed by atoms with Crippen LogP contribution in [0, 0.1) is 25.5 Å². The predicted molar refractivity (Wildman–Crippen MR) is 79.5 cm³/mol. The standard InChI is InChI=1S/C16H21F2N3/c1-10-6-11(2)21(20-10)15-13(17)7-12(8-14(15)18)9-19-16(3,4)5/h6-8,19H,9H2,1-5H3. The average Bonchev–Trinajstić information content (AvgIpc) is 2.64. The zero-order valence-electron chi connectivity index (χ0n) is 13.1. The van der Waals surface area contributed by atoms with Crippen LogP contribution >= 0.6 is 0 Å². The third-order valence-corrected chi connectivity index (χ3v) is 3.12. The number of benzene rings is 1. The third-order valence-electron chi connectivity index (χ3n) is 3.12. The van der Waals surface area contributed by atoms with Gasteiger partial charge in [-0.15, -0.1) is 0 Å². The minimum atomic E-state index is -0.605. The summed E-state index contributed by atoms with van der Waals surface area (Å²) in [6, 6.07) is 4.50. The molecule has 2 aromatic rings. The molecule has 1 heterocycles. The summed E-state index contributed by atoms with van der Waals surface area (Å²) < 4.78 is 29.9. The maximum Gasteiger partial charge on any atom is 0.152 e. The van der Waals surface area contributed by atoms with Crippen molar-refractivity contribution in [1.82, 2.24) is 15.1 Å². The molecule has 0 bridgehead atoms. The molecule has 5 heteroatoms. The highest BCUT2D eigenvalue weighted by Crippen LogP contribution is 2.21. The van der Waals surface area contributed by atoms with Crippen molar-refractivity contribution in [2.75, 3.05) is 0 Å². The Kier molecular flexibility index (Phi) is 4.14. The quantitative estimate of drug-likeness (QED) is 0.936. The Labute approximate surface area is 124 Å². The van der Waals surface area contributed by atoms with Crippen LogP contribution in [-0.2, 0) is 6.54 Å². The fraction of sp³-hybridized carbons (Fsp3) is 0.438. The first-order valence-corrected chi connectivity index (χ1v) is 6.94. The number of nitrogens with one attached hydrogen (secondary N) is 1. The zero-order valence-corrected chi connectivity index (χ0v) is 13.1. The molecule has 0 aliphatic heterocycles. The van der Waals surface area contributed by atoms with E-state index in [1.165, 1.54) is 16.8 Å². The molecule has 0 radical (unpaired) electrons. The molecular weight excluding hydrogens is 272 g/mol. The second kappa shape index (κ2) is 5.56. The van der Waals surface area contributed by atoms with Gasteiger partial charge in [-0.3, -0.25) is 0 Å². The highest BCUT2D eigenvalue weighted by molar-refractivity contribution is 5.39. The van der Waals surface area contributed by atoms with Crippen molar-refractivity contribution in [3.8, 4) is 5.69 Å². The summed E-state index contributed by atoms with van der Waals surface area (Å²) in [7, 11) is 0. The molecule has 0 fully saturated rings. The van der Waals surface area contributed by atoms with E-state index in [-0.39, 0.29) is 11.2 Å². The molecule has 2 rings (SSSR count). The topological polar surface area (TPSA) is 29.9 Å². The second-order valence-electron chi connectivity index (χ2n) is 6.35. The number of aryl methyl sites for hydroxylation is 2. The van der Waals surface area contributed by atoms with Gasteiger partial charge in [0.15, 0.2) is 11.6 Å². The molecule has 0 saturated carbocycles. The number of hydrogen-bond acceptors (Lipinski definition) is 2. The van der Waals surface area contributed by atoms with E-state index in [1.807, 2.05) is 20.8 Å². The summed E-state index contributed by atoms with van der Waals surface area (Å²) in [5, 5.41) is 7.35. The third kappa shape index (κ3) is 3.67. The Morgan fingerprint density at radius 3 is 2.10 bits per heavy atom. The van der Waals surface area contributed by atoms with Gasteiger partial charge >= 0.3 is 0 Å². The van der Waals surface area contributed by atoms with Crippen LogP contribution in [-0.4, -0.2) is 15.3 Å². The second-order valence-corrected chi connectivity index (χ2v) is 6.35. The van der Waals surface area contributed by atoms with Crippen LogP contribution in [0.1, 0.15) is 37.7 Å². The van der Waals surface area contributed by atoms with Gasteiger partial charge in [0.05, 0.1) is 5.69 Å². The molecule has 0 atom stereocenters. The molecule has 0 aliphatic rings. The molecule has 3 nitrogen and oxygen atoms in total. The fourth-order valence-corrected chi connectivity index (χ4v) is 2.14. The van der Waals surface area contributed by atoms with Crippen molar-refractivity contribution in [2.24, 2.45) is 0 Å². The van der Waals surface area contributed by atoms with Crippen molar-refractivity contribution in [1.29, 1.82) is 0 Å². The van der Waals surface area contributed by atoms with E-state index in [2.05, 4.69) is 10.4 Å². The first-order chi connectivity index (χ1) is 9.67. The van der Waals surface area contributed by atoms with E-state index >= 15 is 0 Å². The molecule has 21 heavy (non-hydrogen) atoms. The van der Waals surface area contributed by atoms with Gasteiger partial charge in [0.25, 0.3) is 0 Å². The summed E-state index contributed by atoms with van der Waals surface area (Å²) in [4.78, 5) is 0. The van der Waals surface area contributed by atoms with Gasteiger partial charge in [-0.05, 0) is 58.4 Å². The molecular formula is C16H21F2N3. The average molecular weight is 293 g/mol. The lowest BCUT2D eigenvalue weighted by Crippen LogP contribution is -2.35. The molecule has 1 aromatic carbocycles. The fourth-order valence-electron chi connectivity index (χ4n) is 2.14. The van der Waals surface area contributed by atoms with Crippen LogP contribution in [0.5, 0.6) is 0 Å². The summed E-state index contributed by atoms with van der Waals surface area (Å²) in [6.07, 6.45) is 0. The maximum absolute atomic E-state index is 14.3. The highest BCUT2D eigenvalue weighted by Gasteiger charge is 2.17. The summed E-state index contributed by atoms with van der Waals surface area (Å²) >= 11 is 0. The number of aromatic nitrogens is 2. The van der Waals surface area contributed by atoms with E-state index in [1.54, 1.807) is 19.9 Å². The molecule has 0 amide bonds. The SMILES string of the molecule is Cc1cc(C)n(-c2c(F)cc(CNC(C)(C)C)cc2F)n1. The number of rotatable bonds is 3. The monoisotopic (exact) mass is 293 g/mol. The molecule has 1 aromatic heterocycles. The predicted octanol–water partition coefficient (Wildman–Crippen LogP) is 3.66. The Morgan fingerprint density at radius 1 is 1.10 bits per heavy atom. The lowest BCUT2D eigenvalue weighted by atomic mass is 10.1. The van der Waals surface area contributed by atoms with Crippen LogP contribution in [0.15, 0.2) is 18.2 Å². The Morgan fingerprint density at radius 2 is 1.67 bits per heavy atom. The van der Waals surface area contributed by atoms with Gasteiger partial charge in [-0.25, -0.2) is 13.5 Å². The van der Waals surface area contributed by atoms with Crippen molar-refractivity contribution < 1.29 is 8.78 Å². The van der Waals surface area contributed by atoms with E-state index in [9.17, 15) is 8.78 Å². The summed E-state index contributed by atoms with van der Waals surface area (Å²) in [5.74, 6) is -1.21. The normalized spacial score (nSPS) is 12.0. The Balaban J connectivity index is 2.36. The van der Waals surface area contributed by atoms with Crippen LogP contribution < -0.4 is 5.32 Å². The molecule has 0 unspecified atom stereocenters. The molecule has 0 spiro atoms. The number of nitrogens with zero attached hydrogens (tertiary/aromatic N) is 2. The van der Waals surface area contributed by atoms with Gasteiger partial charge in [0.2, 0.25) is 0 Å². The van der Waals surface area contributed by atoms with Gasteiger partial charge in [0, 0.05) is 17.8 Å². The zero-order chi connectivity index (χ0) is 15.8. The maximum atomic E-state index is 14.3. The van der Waals surface area contributed by atoms with E-state index in [0.717, 1.165) is 5.69 Å². The number of halogens is 2. The van der Waals surface area contributed by atoms with Crippen LogP contribution in [0.2, 0.25) is 0 Å². The molecule has 1 N–H and O–H groups in total. The first kappa shape index (κ1) is 15.6. The summed E-state index contributed by atoms with van der Waals surface area (Å²) in [5.41, 5.74) is 1.77. The summed E-state index contributed by atoms with van der Waals surface area (Å²) in [6.45, 7) is 9.99. The number of hydrogen-bond donors (Lipinski definition) is 1. The lowest BCUT2D eigenvalue weighted by Gasteiger charge is -2.21. The van der Waals surface area contributed by atoms with Crippen LogP contribution in [0.25, 0.3) is 5.69 Å². The smallest absolute Gasteiger partial charge is 0.152 e. The van der Waals surface area contributed by atoms with Crippen molar-refractivity contribution in [3.05, 3.63) is 46.8 Å². The Hall–Kier alpha value is -1.75. The van der Waals surface area contributed by atoms with Gasteiger partial charge < -0.3 is 5.32 Å². The lowest BCUT2D eigenvalue weighted by molar-refractivity contribution is 0.422. The van der Waals surface area contributed by atoms with Crippen molar-refractivity contribution in [2.45, 2.75) is 46.7 Å². The Bertz CT molecular complexity index is 631. The first-order valence-electron chi connectivity index (χ1n) is 6.94.